The Kier molecular flexibility index (Phi) is 5.87. The lowest BCUT2D eigenvalue weighted by Gasteiger charge is -2.41. The number of benzene rings is 2. The second-order valence-corrected chi connectivity index (χ2v) is 9.33. The highest BCUT2D eigenvalue weighted by Gasteiger charge is 2.43. The van der Waals surface area contributed by atoms with E-state index in [1.165, 1.54) is 0 Å². The minimum atomic E-state index is -0.509. The van der Waals surface area contributed by atoms with E-state index in [4.69, 9.17) is 4.74 Å². The summed E-state index contributed by atoms with van der Waals surface area (Å²) in [4.78, 5) is 28.3. The van der Waals surface area contributed by atoms with E-state index in [2.05, 4.69) is 22.8 Å². The molecule has 4 bridgehead atoms. The van der Waals surface area contributed by atoms with E-state index < -0.39 is 5.41 Å². The number of ether oxygens (including phenoxy) is 1. The minimum Gasteiger partial charge on any atom is -0.457 e. The summed E-state index contributed by atoms with van der Waals surface area (Å²) < 4.78 is 6.12. The summed E-state index contributed by atoms with van der Waals surface area (Å²) in [5.74, 6) is 1.89. The SMILES string of the molecule is O=C([C@@H]1CCCN1)N1CCC2(CC1)Cc1cccc(c1)Oc1cccc(c1)CCNC2=O. The van der Waals surface area contributed by atoms with Gasteiger partial charge in [-0.15, -0.1) is 0 Å². The minimum absolute atomic E-state index is 0.0539. The van der Waals surface area contributed by atoms with Crippen LogP contribution < -0.4 is 15.4 Å². The lowest BCUT2D eigenvalue weighted by Crippen LogP contribution is -2.54. The van der Waals surface area contributed by atoms with Crippen LogP contribution in [0.1, 0.15) is 36.8 Å². The molecule has 2 N–H and O–H groups in total. The number of nitrogens with one attached hydrogen (secondary N) is 2. The van der Waals surface area contributed by atoms with Crippen molar-refractivity contribution in [2.75, 3.05) is 26.2 Å². The maximum Gasteiger partial charge on any atom is 0.239 e. The van der Waals surface area contributed by atoms with Crippen molar-refractivity contribution in [1.82, 2.24) is 15.5 Å². The molecule has 2 aromatic carbocycles. The average Bonchev–Trinajstić information content (AvgIpc) is 3.34. The Morgan fingerprint density at radius 2 is 1.72 bits per heavy atom. The molecule has 0 aromatic heterocycles. The standard InChI is InChI=1S/C26H31N3O3/c30-24(23-8-3-12-27-23)29-14-10-26(11-15-29)18-20-5-2-7-22(17-20)32-21-6-1-4-19(16-21)9-13-28-25(26)31/h1-2,4-7,16-17,23,27H,3,8-15,18H2,(H,28,31)/t23-/m0/s1. The number of carbonyl (C=O) groups excluding carboxylic acids is 2. The molecule has 3 aliphatic rings. The van der Waals surface area contributed by atoms with Crippen LogP contribution in [0.2, 0.25) is 0 Å². The zero-order valence-corrected chi connectivity index (χ0v) is 18.4. The predicted octanol–water partition coefficient (Wildman–Crippen LogP) is 3.05. The van der Waals surface area contributed by atoms with Crippen LogP contribution in [-0.4, -0.2) is 48.9 Å². The van der Waals surface area contributed by atoms with E-state index in [9.17, 15) is 9.59 Å². The molecule has 0 unspecified atom stereocenters. The summed E-state index contributed by atoms with van der Waals surface area (Å²) in [5.41, 5.74) is 1.72. The molecule has 32 heavy (non-hydrogen) atoms. The molecule has 1 atom stereocenters. The third kappa shape index (κ3) is 4.37. The number of fused-ring (bicyclic) bond motifs is 4. The molecule has 5 rings (SSSR count). The number of hydrogen-bond acceptors (Lipinski definition) is 4. The lowest BCUT2D eigenvalue weighted by molar-refractivity contribution is -0.141. The molecule has 2 fully saturated rings. The monoisotopic (exact) mass is 433 g/mol. The maximum absolute atomic E-state index is 13.5. The first-order valence-corrected chi connectivity index (χ1v) is 11.8. The summed E-state index contributed by atoms with van der Waals surface area (Å²) in [6.07, 6.45) is 4.73. The topological polar surface area (TPSA) is 70.7 Å². The van der Waals surface area contributed by atoms with Gasteiger partial charge in [-0.05, 0) is 80.5 Å². The van der Waals surface area contributed by atoms with Gasteiger partial charge in [0.05, 0.1) is 11.5 Å². The van der Waals surface area contributed by atoms with E-state index in [-0.39, 0.29) is 17.9 Å². The van der Waals surface area contributed by atoms with Gasteiger partial charge in [0.15, 0.2) is 0 Å². The third-order valence-corrected chi connectivity index (χ3v) is 7.15. The first kappa shape index (κ1) is 21.0. The molecule has 6 nitrogen and oxygen atoms in total. The summed E-state index contributed by atoms with van der Waals surface area (Å²) in [6.45, 7) is 2.76. The number of amides is 2. The van der Waals surface area contributed by atoms with Crippen molar-refractivity contribution < 1.29 is 14.3 Å². The molecular weight excluding hydrogens is 402 g/mol. The van der Waals surface area contributed by atoms with Gasteiger partial charge in [0.1, 0.15) is 11.5 Å². The van der Waals surface area contributed by atoms with Crippen LogP contribution in [0.5, 0.6) is 11.5 Å². The number of likely N-dealkylation sites (tertiary alicyclic amines) is 1. The second-order valence-electron chi connectivity index (χ2n) is 9.33. The molecule has 3 aliphatic heterocycles. The molecule has 2 saturated heterocycles. The molecule has 6 heteroatoms. The summed E-state index contributed by atoms with van der Waals surface area (Å²) in [7, 11) is 0. The second kappa shape index (κ2) is 8.94. The van der Waals surface area contributed by atoms with Crippen LogP contribution >= 0.6 is 0 Å². The Balaban J connectivity index is 1.38. The van der Waals surface area contributed by atoms with E-state index in [0.29, 0.717) is 38.9 Å². The number of hydrogen-bond donors (Lipinski definition) is 2. The van der Waals surface area contributed by atoms with Crippen molar-refractivity contribution in [1.29, 1.82) is 0 Å². The quantitative estimate of drug-likeness (QED) is 0.725. The zero-order valence-electron chi connectivity index (χ0n) is 18.4. The van der Waals surface area contributed by atoms with Crippen molar-refractivity contribution in [3.05, 3.63) is 59.7 Å². The van der Waals surface area contributed by atoms with Gasteiger partial charge in [-0.1, -0.05) is 24.3 Å². The van der Waals surface area contributed by atoms with Crippen molar-refractivity contribution in [2.24, 2.45) is 5.41 Å². The molecule has 168 valence electrons. The molecular formula is C26H31N3O3. The van der Waals surface area contributed by atoms with E-state index in [1.807, 2.05) is 41.3 Å². The van der Waals surface area contributed by atoms with Crippen molar-refractivity contribution in [3.63, 3.8) is 0 Å². The highest BCUT2D eigenvalue weighted by atomic mass is 16.5. The molecule has 0 saturated carbocycles. The van der Waals surface area contributed by atoms with Crippen molar-refractivity contribution in [2.45, 2.75) is 44.6 Å². The highest BCUT2D eigenvalue weighted by Crippen LogP contribution is 2.37. The molecule has 2 amide bonds. The average molecular weight is 434 g/mol. The largest absolute Gasteiger partial charge is 0.457 e. The fourth-order valence-electron chi connectivity index (χ4n) is 5.27. The van der Waals surface area contributed by atoms with Gasteiger partial charge in [0.25, 0.3) is 0 Å². The summed E-state index contributed by atoms with van der Waals surface area (Å²) in [6, 6.07) is 16.0. The zero-order chi connectivity index (χ0) is 22.0. The Hall–Kier alpha value is -2.86. The fourth-order valence-corrected chi connectivity index (χ4v) is 5.27. The van der Waals surface area contributed by atoms with Gasteiger partial charge in [0, 0.05) is 19.6 Å². The van der Waals surface area contributed by atoms with Crippen LogP contribution in [0.15, 0.2) is 48.5 Å². The van der Waals surface area contributed by atoms with Crippen molar-refractivity contribution in [3.8, 4) is 11.5 Å². The number of piperidine rings is 1. The predicted molar refractivity (Wildman–Crippen MR) is 123 cm³/mol. The van der Waals surface area contributed by atoms with Crippen LogP contribution in [0.3, 0.4) is 0 Å². The fraction of sp³-hybridized carbons (Fsp3) is 0.462. The Labute approximate surface area is 189 Å². The maximum atomic E-state index is 13.5. The van der Waals surface area contributed by atoms with Gasteiger partial charge in [-0.25, -0.2) is 0 Å². The highest BCUT2D eigenvalue weighted by molar-refractivity contribution is 5.85. The number of carbonyl (C=O) groups is 2. The molecule has 0 aliphatic carbocycles. The number of nitrogens with zero attached hydrogens (tertiary/aromatic N) is 1. The van der Waals surface area contributed by atoms with Crippen LogP contribution in [0.25, 0.3) is 0 Å². The van der Waals surface area contributed by atoms with Gasteiger partial charge in [0.2, 0.25) is 11.8 Å². The van der Waals surface area contributed by atoms with Gasteiger partial charge in [-0.2, -0.15) is 0 Å². The normalized spacial score (nSPS) is 22.8. The van der Waals surface area contributed by atoms with Crippen LogP contribution in [-0.2, 0) is 22.4 Å². The van der Waals surface area contributed by atoms with E-state index in [0.717, 1.165) is 48.4 Å². The number of rotatable bonds is 1. The molecule has 2 aromatic rings. The van der Waals surface area contributed by atoms with Gasteiger partial charge >= 0.3 is 0 Å². The van der Waals surface area contributed by atoms with Crippen molar-refractivity contribution >= 4 is 11.8 Å². The molecule has 1 spiro atoms. The Morgan fingerprint density at radius 3 is 2.44 bits per heavy atom. The Morgan fingerprint density at radius 1 is 1.00 bits per heavy atom. The first-order chi connectivity index (χ1) is 15.6. The third-order valence-electron chi connectivity index (χ3n) is 7.15. The molecule has 3 heterocycles. The van der Waals surface area contributed by atoms with Gasteiger partial charge < -0.3 is 20.3 Å². The van der Waals surface area contributed by atoms with E-state index in [1.54, 1.807) is 0 Å². The first-order valence-electron chi connectivity index (χ1n) is 11.8. The summed E-state index contributed by atoms with van der Waals surface area (Å²) >= 11 is 0. The summed E-state index contributed by atoms with van der Waals surface area (Å²) in [5, 5.41) is 6.51. The smallest absolute Gasteiger partial charge is 0.239 e. The lowest BCUT2D eigenvalue weighted by atomic mass is 9.72. The molecule has 0 radical (unpaired) electrons. The Bertz CT molecular complexity index is 991. The van der Waals surface area contributed by atoms with E-state index >= 15 is 0 Å². The van der Waals surface area contributed by atoms with Crippen LogP contribution in [0.4, 0.5) is 0 Å². The van der Waals surface area contributed by atoms with Crippen LogP contribution in [0, 0.1) is 5.41 Å². The van der Waals surface area contributed by atoms with Gasteiger partial charge in [-0.3, -0.25) is 9.59 Å².